The summed E-state index contributed by atoms with van der Waals surface area (Å²) in [5.41, 5.74) is 3.48. The van der Waals surface area contributed by atoms with Gasteiger partial charge in [0.05, 0.1) is 17.9 Å². The summed E-state index contributed by atoms with van der Waals surface area (Å²) in [6, 6.07) is 2.83. The first-order valence-electron chi connectivity index (χ1n) is 5.70. The molecule has 1 aromatic carbocycles. The van der Waals surface area contributed by atoms with Gasteiger partial charge in [0.1, 0.15) is 0 Å². The molecule has 0 atom stereocenters. The summed E-state index contributed by atoms with van der Waals surface area (Å²) in [5.74, 6) is -0.341. The van der Waals surface area contributed by atoms with E-state index in [-0.39, 0.29) is 18.0 Å². The highest BCUT2D eigenvalue weighted by Gasteiger charge is 2.33. The quantitative estimate of drug-likeness (QED) is 0.622. The van der Waals surface area contributed by atoms with E-state index in [1.54, 1.807) is 6.92 Å². The molecule has 20 heavy (non-hydrogen) atoms. The van der Waals surface area contributed by atoms with Crippen molar-refractivity contribution in [2.24, 2.45) is 0 Å². The van der Waals surface area contributed by atoms with Crippen molar-refractivity contribution in [2.75, 3.05) is 29.4 Å². The minimum atomic E-state index is -4.64. The Morgan fingerprint density at radius 1 is 1.35 bits per heavy atom. The summed E-state index contributed by atoms with van der Waals surface area (Å²) in [6.07, 6.45) is -4.64. The highest BCUT2D eigenvalue weighted by molar-refractivity contribution is 7.92. The molecule has 0 aliphatic rings. The predicted molar refractivity (Wildman–Crippen MR) is 69.8 cm³/mol. The Morgan fingerprint density at radius 3 is 2.55 bits per heavy atom. The Balaban J connectivity index is 2.88. The predicted octanol–water partition coefficient (Wildman–Crippen LogP) is 2.07. The number of nitrogen functional groups attached to an aromatic ring is 1. The number of alkyl halides is 3. The van der Waals surface area contributed by atoms with Gasteiger partial charge in [-0.05, 0) is 25.1 Å². The fourth-order valence-electron chi connectivity index (χ4n) is 1.41. The molecule has 0 aliphatic carbocycles. The molecular formula is C11H15F3N2O3S. The van der Waals surface area contributed by atoms with E-state index < -0.39 is 27.5 Å². The maximum Gasteiger partial charge on any atom is 0.418 e. The van der Waals surface area contributed by atoms with Crippen LogP contribution in [0.25, 0.3) is 0 Å². The van der Waals surface area contributed by atoms with Crippen LogP contribution in [0.1, 0.15) is 12.5 Å². The van der Waals surface area contributed by atoms with Gasteiger partial charge in [-0.3, -0.25) is 4.72 Å². The van der Waals surface area contributed by atoms with Crippen LogP contribution in [-0.4, -0.2) is 27.4 Å². The second-order valence-electron chi connectivity index (χ2n) is 3.92. The van der Waals surface area contributed by atoms with Gasteiger partial charge in [-0.1, -0.05) is 0 Å². The van der Waals surface area contributed by atoms with Crippen LogP contribution in [-0.2, 0) is 20.9 Å². The highest BCUT2D eigenvalue weighted by Crippen LogP contribution is 2.35. The van der Waals surface area contributed by atoms with Crippen LogP contribution in [0, 0.1) is 0 Å². The van der Waals surface area contributed by atoms with Gasteiger partial charge in [0.2, 0.25) is 10.0 Å². The number of ether oxygens (including phenoxy) is 1. The molecule has 1 rings (SSSR count). The standard InChI is InChI=1S/C11H15F3N2O3S/c1-2-19-5-6-20(17,18)16-8-3-4-10(15)9(7-8)11(12,13)14/h3-4,7,16H,2,5-6,15H2,1H3. The molecule has 0 unspecified atom stereocenters. The molecule has 0 bridgehead atoms. The van der Waals surface area contributed by atoms with Crippen LogP contribution in [0.5, 0.6) is 0 Å². The van der Waals surface area contributed by atoms with Crippen molar-refractivity contribution in [3.8, 4) is 0 Å². The largest absolute Gasteiger partial charge is 0.418 e. The van der Waals surface area contributed by atoms with Crippen LogP contribution >= 0.6 is 0 Å². The molecule has 0 aromatic heterocycles. The first-order valence-corrected chi connectivity index (χ1v) is 7.36. The molecule has 1 aromatic rings. The van der Waals surface area contributed by atoms with Crippen molar-refractivity contribution < 1.29 is 26.3 Å². The normalized spacial score (nSPS) is 12.4. The van der Waals surface area contributed by atoms with E-state index in [0.717, 1.165) is 6.07 Å². The summed E-state index contributed by atoms with van der Waals surface area (Å²) in [7, 11) is -3.77. The average molecular weight is 312 g/mol. The molecule has 5 nitrogen and oxygen atoms in total. The van der Waals surface area contributed by atoms with Gasteiger partial charge >= 0.3 is 6.18 Å². The van der Waals surface area contributed by atoms with E-state index in [2.05, 4.69) is 4.72 Å². The summed E-state index contributed by atoms with van der Waals surface area (Å²) in [4.78, 5) is 0. The van der Waals surface area contributed by atoms with Gasteiger partial charge < -0.3 is 10.5 Å². The van der Waals surface area contributed by atoms with E-state index in [9.17, 15) is 21.6 Å². The van der Waals surface area contributed by atoms with E-state index in [0.29, 0.717) is 12.7 Å². The Morgan fingerprint density at radius 2 is 2.00 bits per heavy atom. The molecule has 0 amide bonds. The van der Waals surface area contributed by atoms with Crippen molar-refractivity contribution in [3.05, 3.63) is 23.8 Å². The lowest BCUT2D eigenvalue weighted by Crippen LogP contribution is -2.20. The number of hydrogen-bond acceptors (Lipinski definition) is 4. The van der Waals surface area contributed by atoms with Crippen LogP contribution < -0.4 is 10.5 Å². The van der Waals surface area contributed by atoms with Crippen LogP contribution in [0.15, 0.2) is 18.2 Å². The third-order valence-corrected chi connectivity index (χ3v) is 3.58. The number of nitrogens with one attached hydrogen (secondary N) is 1. The zero-order valence-corrected chi connectivity index (χ0v) is 11.5. The minimum absolute atomic E-state index is 0.0348. The van der Waals surface area contributed by atoms with E-state index in [1.807, 2.05) is 0 Å². The smallest absolute Gasteiger partial charge is 0.398 e. The summed E-state index contributed by atoms with van der Waals surface area (Å²) < 4.78 is 68.1. The van der Waals surface area contributed by atoms with Crippen molar-refractivity contribution in [2.45, 2.75) is 13.1 Å². The first-order chi connectivity index (χ1) is 9.15. The molecule has 9 heteroatoms. The zero-order valence-electron chi connectivity index (χ0n) is 10.7. The third-order valence-electron chi connectivity index (χ3n) is 2.33. The lowest BCUT2D eigenvalue weighted by Gasteiger charge is -2.13. The van der Waals surface area contributed by atoms with Gasteiger partial charge in [0.25, 0.3) is 0 Å². The number of halogens is 3. The Bertz CT molecular complexity index is 559. The minimum Gasteiger partial charge on any atom is -0.398 e. The van der Waals surface area contributed by atoms with Gasteiger partial charge in [0.15, 0.2) is 0 Å². The number of hydrogen-bond donors (Lipinski definition) is 2. The second kappa shape index (κ2) is 6.31. The van der Waals surface area contributed by atoms with E-state index in [1.165, 1.54) is 6.07 Å². The fourth-order valence-corrected chi connectivity index (χ4v) is 2.33. The Kier molecular flexibility index (Phi) is 5.23. The maximum atomic E-state index is 12.6. The molecule has 0 spiro atoms. The lowest BCUT2D eigenvalue weighted by atomic mass is 10.1. The number of nitrogens with two attached hydrogens (primary N) is 1. The van der Waals surface area contributed by atoms with Gasteiger partial charge in [-0.15, -0.1) is 0 Å². The molecule has 0 fully saturated rings. The molecule has 0 heterocycles. The number of anilines is 2. The maximum absolute atomic E-state index is 12.6. The molecule has 3 N–H and O–H groups in total. The first kappa shape index (κ1) is 16.6. The topological polar surface area (TPSA) is 81.4 Å². The van der Waals surface area contributed by atoms with E-state index in [4.69, 9.17) is 10.5 Å². The fraction of sp³-hybridized carbons (Fsp3) is 0.455. The summed E-state index contributed by atoms with van der Waals surface area (Å²) in [6.45, 7) is 2.03. The SMILES string of the molecule is CCOCCS(=O)(=O)Nc1ccc(N)c(C(F)(F)F)c1. The molecular weight excluding hydrogens is 297 g/mol. The Hall–Kier alpha value is -1.48. The Labute approximate surface area is 115 Å². The molecule has 114 valence electrons. The van der Waals surface area contributed by atoms with Gasteiger partial charge in [-0.2, -0.15) is 13.2 Å². The van der Waals surface area contributed by atoms with Gasteiger partial charge in [0, 0.05) is 18.0 Å². The number of benzene rings is 1. The second-order valence-corrected chi connectivity index (χ2v) is 5.76. The van der Waals surface area contributed by atoms with Gasteiger partial charge in [-0.25, -0.2) is 8.42 Å². The number of rotatable bonds is 6. The molecule has 0 saturated heterocycles. The van der Waals surface area contributed by atoms with Crippen molar-refractivity contribution in [1.82, 2.24) is 0 Å². The van der Waals surface area contributed by atoms with Crippen LogP contribution in [0.2, 0.25) is 0 Å². The van der Waals surface area contributed by atoms with E-state index >= 15 is 0 Å². The van der Waals surface area contributed by atoms with Crippen molar-refractivity contribution in [1.29, 1.82) is 0 Å². The van der Waals surface area contributed by atoms with Crippen LogP contribution in [0.3, 0.4) is 0 Å². The molecule has 0 aliphatic heterocycles. The number of sulfonamides is 1. The monoisotopic (exact) mass is 312 g/mol. The highest BCUT2D eigenvalue weighted by atomic mass is 32.2. The summed E-state index contributed by atoms with van der Waals surface area (Å²) in [5, 5.41) is 0. The van der Waals surface area contributed by atoms with Crippen LogP contribution in [0.4, 0.5) is 24.5 Å². The molecule has 0 saturated carbocycles. The third kappa shape index (κ3) is 4.89. The van der Waals surface area contributed by atoms with Crippen molar-refractivity contribution in [3.63, 3.8) is 0 Å². The lowest BCUT2D eigenvalue weighted by molar-refractivity contribution is -0.136. The molecule has 0 radical (unpaired) electrons. The average Bonchev–Trinajstić information content (AvgIpc) is 2.30. The van der Waals surface area contributed by atoms with Crippen molar-refractivity contribution >= 4 is 21.4 Å². The zero-order chi connectivity index (χ0) is 15.4. The summed E-state index contributed by atoms with van der Waals surface area (Å²) >= 11 is 0.